The minimum absolute atomic E-state index is 0.0795. The SMILES string of the molecule is CCCC[C@@H]1Nc2ncnc(N3CCN(CCO)CC3)c2N(Cc2ccccc2F)C1=O. The van der Waals surface area contributed by atoms with E-state index < -0.39 is 6.04 Å². The Kier molecular flexibility index (Phi) is 7.16. The zero-order valence-electron chi connectivity index (χ0n) is 18.5. The molecule has 0 spiro atoms. The predicted octanol–water partition coefficient (Wildman–Crippen LogP) is 2.25. The molecule has 1 atom stereocenters. The first kappa shape index (κ1) is 22.4. The molecule has 2 aliphatic rings. The fourth-order valence-corrected chi connectivity index (χ4v) is 4.36. The van der Waals surface area contributed by atoms with E-state index in [1.165, 1.54) is 12.4 Å². The van der Waals surface area contributed by atoms with Gasteiger partial charge in [-0.2, -0.15) is 0 Å². The van der Waals surface area contributed by atoms with Crippen molar-refractivity contribution < 1.29 is 14.3 Å². The smallest absolute Gasteiger partial charge is 0.250 e. The summed E-state index contributed by atoms with van der Waals surface area (Å²) in [7, 11) is 0. The van der Waals surface area contributed by atoms with Crippen LogP contribution in [0.2, 0.25) is 0 Å². The highest BCUT2D eigenvalue weighted by Crippen LogP contribution is 2.39. The monoisotopic (exact) mass is 442 g/mol. The average molecular weight is 443 g/mol. The summed E-state index contributed by atoms with van der Waals surface area (Å²) in [6.45, 7) is 6.06. The summed E-state index contributed by atoms with van der Waals surface area (Å²) >= 11 is 0. The minimum atomic E-state index is -0.390. The van der Waals surface area contributed by atoms with E-state index in [9.17, 15) is 14.3 Å². The highest BCUT2D eigenvalue weighted by molar-refractivity contribution is 6.06. The first-order valence-electron chi connectivity index (χ1n) is 11.4. The number of carbonyl (C=O) groups excluding carboxylic acids is 1. The molecule has 0 unspecified atom stereocenters. The molecule has 1 saturated heterocycles. The van der Waals surface area contributed by atoms with E-state index in [1.54, 1.807) is 23.1 Å². The lowest BCUT2D eigenvalue weighted by Gasteiger charge is -2.40. The largest absolute Gasteiger partial charge is 0.395 e. The number of benzene rings is 1. The van der Waals surface area contributed by atoms with E-state index in [4.69, 9.17) is 0 Å². The highest BCUT2D eigenvalue weighted by atomic mass is 19.1. The number of aliphatic hydroxyl groups is 1. The Morgan fingerprint density at radius 1 is 1.19 bits per heavy atom. The predicted molar refractivity (Wildman–Crippen MR) is 122 cm³/mol. The van der Waals surface area contributed by atoms with Gasteiger partial charge in [-0.15, -0.1) is 0 Å². The molecule has 0 bridgehead atoms. The second kappa shape index (κ2) is 10.2. The number of β-amino-alcohol motifs (C(OH)–C–C–N with tert-alkyl or cyclic N) is 1. The van der Waals surface area contributed by atoms with Crippen molar-refractivity contribution >= 4 is 23.2 Å². The number of fused-ring (bicyclic) bond motifs is 1. The van der Waals surface area contributed by atoms with Gasteiger partial charge in [0.2, 0.25) is 5.91 Å². The number of anilines is 3. The third-order valence-corrected chi connectivity index (χ3v) is 6.17. The maximum Gasteiger partial charge on any atom is 0.250 e. The minimum Gasteiger partial charge on any atom is -0.395 e. The molecule has 1 aromatic heterocycles. The van der Waals surface area contributed by atoms with E-state index in [0.717, 1.165) is 39.0 Å². The standard InChI is InChI=1S/C23H31FN6O2/c1-2-3-8-19-23(32)30(15-17-6-4-5-7-18(17)24)20-21(27-19)25-16-26-22(20)29-11-9-28(10-12-29)13-14-31/h4-7,16,19,31H,2-3,8-15H2,1H3,(H,25,26,27)/t19-/m0/s1. The van der Waals surface area contributed by atoms with Gasteiger partial charge in [-0.05, 0) is 12.5 Å². The van der Waals surface area contributed by atoms with Crippen molar-refractivity contribution in [3.63, 3.8) is 0 Å². The van der Waals surface area contributed by atoms with Crippen molar-refractivity contribution in [2.24, 2.45) is 0 Å². The van der Waals surface area contributed by atoms with E-state index in [2.05, 4.69) is 32.0 Å². The molecule has 1 fully saturated rings. The molecule has 2 N–H and O–H groups in total. The molecule has 1 aromatic carbocycles. The Labute approximate surface area is 188 Å². The molecule has 8 nitrogen and oxygen atoms in total. The number of aliphatic hydroxyl groups excluding tert-OH is 1. The number of nitrogens with one attached hydrogen (secondary N) is 1. The molecule has 0 aliphatic carbocycles. The Balaban J connectivity index is 1.68. The van der Waals surface area contributed by atoms with Gasteiger partial charge in [0.1, 0.15) is 23.9 Å². The Bertz CT molecular complexity index is 934. The number of rotatable bonds is 8. The van der Waals surface area contributed by atoms with Gasteiger partial charge in [-0.25, -0.2) is 14.4 Å². The summed E-state index contributed by atoms with van der Waals surface area (Å²) in [5.41, 5.74) is 1.08. The quantitative estimate of drug-likeness (QED) is 0.649. The van der Waals surface area contributed by atoms with Crippen LogP contribution in [-0.4, -0.2) is 71.3 Å². The van der Waals surface area contributed by atoms with E-state index in [1.807, 2.05) is 0 Å². The number of halogens is 1. The zero-order valence-corrected chi connectivity index (χ0v) is 18.5. The van der Waals surface area contributed by atoms with Gasteiger partial charge in [-0.3, -0.25) is 14.6 Å². The van der Waals surface area contributed by atoms with Crippen molar-refractivity contribution in [2.45, 2.75) is 38.8 Å². The molecule has 4 rings (SSSR count). The molecule has 1 amide bonds. The van der Waals surface area contributed by atoms with Gasteiger partial charge < -0.3 is 15.3 Å². The number of hydrogen-bond acceptors (Lipinski definition) is 7. The van der Waals surface area contributed by atoms with Crippen molar-refractivity contribution in [3.05, 3.63) is 42.0 Å². The van der Waals surface area contributed by atoms with Gasteiger partial charge in [0.25, 0.3) is 0 Å². The highest BCUT2D eigenvalue weighted by Gasteiger charge is 2.37. The molecule has 32 heavy (non-hydrogen) atoms. The summed E-state index contributed by atoms with van der Waals surface area (Å²) in [6.07, 6.45) is 4.12. The van der Waals surface area contributed by atoms with Crippen LogP contribution in [0.15, 0.2) is 30.6 Å². The summed E-state index contributed by atoms with van der Waals surface area (Å²) in [6, 6.07) is 6.17. The van der Waals surface area contributed by atoms with Crippen LogP contribution in [0, 0.1) is 5.82 Å². The third-order valence-electron chi connectivity index (χ3n) is 6.17. The number of carbonyl (C=O) groups is 1. The molecular weight excluding hydrogens is 411 g/mol. The van der Waals surface area contributed by atoms with Crippen molar-refractivity contribution in [1.29, 1.82) is 0 Å². The topological polar surface area (TPSA) is 84.8 Å². The fourth-order valence-electron chi connectivity index (χ4n) is 4.36. The van der Waals surface area contributed by atoms with Gasteiger partial charge in [0.05, 0.1) is 13.2 Å². The second-order valence-corrected chi connectivity index (χ2v) is 8.30. The van der Waals surface area contributed by atoms with Crippen LogP contribution in [0.25, 0.3) is 0 Å². The second-order valence-electron chi connectivity index (χ2n) is 8.30. The summed E-state index contributed by atoms with van der Waals surface area (Å²) in [5, 5.41) is 12.5. The lowest BCUT2D eigenvalue weighted by Crippen LogP contribution is -2.50. The number of nitrogens with zero attached hydrogens (tertiary/aromatic N) is 5. The maximum absolute atomic E-state index is 14.5. The average Bonchev–Trinajstić information content (AvgIpc) is 2.81. The van der Waals surface area contributed by atoms with E-state index in [0.29, 0.717) is 35.9 Å². The third kappa shape index (κ3) is 4.68. The van der Waals surface area contributed by atoms with Crippen molar-refractivity contribution in [2.75, 3.05) is 54.4 Å². The lowest BCUT2D eigenvalue weighted by molar-refractivity contribution is -0.119. The maximum atomic E-state index is 14.5. The summed E-state index contributed by atoms with van der Waals surface area (Å²) in [4.78, 5) is 28.5. The van der Waals surface area contributed by atoms with Crippen LogP contribution in [0.3, 0.4) is 0 Å². The molecule has 2 aliphatic heterocycles. The zero-order chi connectivity index (χ0) is 22.5. The van der Waals surface area contributed by atoms with Crippen LogP contribution < -0.4 is 15.1 Å². The Morgan fingerprint density at radius 2 is 1.97 bits per heavy atom. The molecule has 0 saturated carbocycles. The van der Waals surface area contributed by atoms with Crippen LogP contribution in [0.4, 0.5) is 21.7 Å². The van der Waals surface area contributed by atoms with Crippen LogP contribution in [0.1, 0.15) is 31.7 Å². The van der Waals surface area contributed by atoms with Gasteiger partial charge >= 0.3 is 0 Å². The Hall–Kier alpha value is -2.78. The molecular formula is C23H31FN6O2. The van der Waals surface area contributed by atoms with Crippen LogP contribution in [-0.2, 0) is 11.3 Å². The first-order valence-corrected chi connectivity index (χ1v) is 11.4. The molecule has 172 valence electrons. The fraction of sp³-hybridized carbons (Fsp3) is 0.522. The Morgan fingerprint density at radius 3 is 2.69 bits per heavy atom. The number of unbranched alkanes of at least 4 members (excludes halogenated alkanes) is 1. The van der Waals surface area contributed by atoms with Crippen LogP contribution >= 0.6 is 0 Å². The summed E-state index contributed by atoms with van der Waals surface area (Å²) in [5.74, 6) is 0.889. The number of aromatic nitrogens is 2. The van der Waals surface area contributed by atoms with E-state index in [-0.39, 0.29) is 24.9 Å². The number of hydrogen-bond donors (Lipinski definition) is 2. The first-order chi connectivity index (χ1) is 15.6. The normalized spacial score (nSPS) is 19.1. The van der Waals surface area contributed by atoms with Gasteiger partial charge in [0.15, 0.2) is 11.6 Å². The van der Waals surface area contributed by atoms with Crippen molar-refractivity contribution in [3.8, 4) is 0 Å². The molecule has 0 radical (unpaired) electrons. The summed E-state index contributed by atoms with van der Waals surface area (Å²) < 4.78 is 14.5. The van der Waals surface area contributed by atoms with E-state index >= 15 is 0 Å². The molecule has 3 heterocycles. The number of piperazine rings is 1. The number of amides is 1. The van der Waals surface area contributed by atoms with Gasteiger partial charge in [0, 0.05) is 38.3 Å². The molecule has 2 aromatic rings. The van der Waals surface area contributed by atoms with Crippen molar-refractivity contribution in [1.82, 2.24) is 14.9 Å². The van der Waals surface area contributed by atoms with Crippen LogP contribution in [0.5, 0.6) is 0 Å². The molecule has 9 heteroatoms. The lowest BCUT2D eigenvalue weighted by atomic mass is 10.0. The van der Waals surface area contributed by atoms with Gasteiger partial charge in [-0.1, -0.05) is 38.0 Å².